The summed E-state index contributed by atoms with van der Waals surface area (Å²) >= 11 is 1.56. The Balaban J connectivity index is 2.07. The lowest BCUT2D eigenvalue weighted by molar-refractivity contribution is 0.778. The fourth-order valence-electron chi connectivity index (χ4n) is 1.77. The molecule has 3 heterocycles. The van der Waals surface area contributed by atoms with Gasteiger partial charge in [-0.25, -0.2) is 0 Å². The first kappa shape index (κ1) is 10.5. The molecule has 0 amide bonds. The summed E-state index contributed by atoms with van der Waals surface area (Å²) in [6.07, 6.45) is 3.94. The molecule has 0 fully saturated rings. The molecule has 6 heteroatoms. The molecule has 3 aromatic rings. The van der Waals surface area contributed by atoms with Crippen LogP contribution in [0.15, 0.2) is 12.3 Å². The highest BCUT2D eigenvalue weighted by Crippen LogP contribution is 2.24. The topological polar surface area (TPSA) is 58.9 Å². The number of fused-ring (bicyclic) bond motifs is 1. The summed E-state index contributed by atoms with van der Waals surface area (Å²) in [5, 5.41) is 13.8. The van der Waals surface area contributed by atoms with Gasteiger partial charge in [0.2, 0.25) is 4.96 Å². The van der Waals surface area contributed by atoms with E-state index in [0.717, 1.165) is 34.3 Å². The first-order valence-electron chi connectivity index (χ1n) is 5.64. The zero-order chi connectivity index (χ0) is 11.8. The van der Waals surface area contributed by atoms with E-state index in [1.807, 2.05) is 10.7 Å². The average Bonchev–Trinajstić information content (AvgIpc) is 2.95. The lowest BCUT2D eigenvalue weighted by Crippen LogP contribution is -1.95. The van der Waals surface area contributed by atoms with Gasteiger partial charge in [-0.15, -0.1) is 10.2 Å². The summed E-state index contributed by atoms with van der Waals surface area (Å²) in [6.45, 7) is 4.19. The van der Waals surface area contributed by atoms with Gasteiger partial charge in [-0.1, -0.05) is 18.3 Å². The van der Waals surface area contributed by atoms with E-state index in [-0.39, 0.29) is 0 Å². The van der Waals surface area contributed by atoms with Crippen LogP contribution in [0.3, 0.4) is 0 Å². The van der Waals surface area contributed by atoms with Gasteiger partial charge >= 0.3 is 0 Å². The van der Waals surface area contributed by atoms with Crippen molar-refractivity contribution < 1.29 is 0 Å². The number of H-pyrrole nitrogens is 1. The maximum absolute atomic E-state index is 4.55. The van der Waals surface area contributed by atoms with Crippen molar-refractivity contribution in [2.45, 2.75) is 26.7 Å². The van der Waals surface area contributed by atoms with Gasteiger partial charge in [0.15, 0.2) is 10.8 Å². The Morgan fingerprint density at radius 2 is 2.29 bits per heavy atom. The predicted octanol–water partition coefficient (Wildman–Crippen LogP) is 2.44. The standard InChI is InChI=1S/C11H13N5S/c1-3-4-9-13-14-11-16(9)15-10(17-11)8-5-7(2)6-12-8/h5-6,12H,3-4H2,1-2H3. The fourth-order valence-corrected chi connectivity index (χ4v) is 2.61. The molecule has 0 saturated carbocycles. The van der Waals surface area contributed by atoms with Crippen molar-refractivity contribution >= 4 is 16.3 Å². The molecule has 0 bridgehead atoms. The molecular formula is C11H13N5S. The smallest absolute Gasteiger partial charge is 0.235 e. The number of aromatic amines is 1. The molecule has 17 heavy (non-hydrogen) atoms. The summed E-state index contributed by atoms with van der Waals surface area (Å²) in [5.74, 6) is 0.938. The van der Waals surface area contributed by atoms with Crippen LogP contribution in [0.5, 0.6) is 0 Å². The minimum Gasteiger partial charge on any atom is -0.359 e. The summed E-state index contributed by atoms with van der Waals surface area (Å²) in [4.78, 5) is 4.07. The van der Waals surface area contributed by atoms with Crippen LogP contribution < -0.4 is 0 Å². The van der Waals surface area contributed by atoms with Crippen LogP contribution in [-0.4, -0.2) is 24.8 Å². The Kier molecular flexibility index (Phi) is 2.44. The van der Waals surface area contributed by atoms with Crippen LogP contribution in [0.2, 0.25) is 0 Å². The SMILES string of the molecule is CCCc1nnc2sc(-c3cc(C)c[nH]3)nn12. The minimum absolute atomic E-state index is 0.857. The highest BCUT2D eigenvalue weighted by Gasteiger charge is 2.12. The van der Waals surface area contributed by atoms with E-state index in [1.165, 1.54) is 5.56 Å². The summed E-state index contributed by atoms with van der Waals surface area (Å²) in [7, 11) is 0. The second-order valence-corrected chi connectivity index (χ2v) is 5.01. The van der Waals surface area contributed by atoms with Gasteiger partial charge in [-0.2, -0.15) is 9.61 Å². The van der Waals surface area contributed by atoms with Gasteiger partial charge in [-0.05, 0) is 25.0 Å². The number of hydrogen-bond acceptors (Lipinski definition) is 4. The number of aromatic nitrogens is 5. The molecule has 1 N–H and O–H groups in total. The first-order chi connectivity index (χ1) is 8.28. The second-order valence-electron chi connectivity index (χ2n) is 4.06. The van der Waals surface area contributed by atoms with Crippen molar-refractivity contribution in [1.82, 2.24) is 24.8 Å². The van der Waals surface area contributed by atoms with E-state index in [9.17, 15) is 0 Å². The van der Waals surface area contributed by atoms with Crippen molar-refractivity contribution in [3.63, 3.8) is 0 Å². The van der Waals surface area contributed by atoms with E-state index in [0.29, 0.717) is 0 Å². The Labute approximate surface area is 103 Å². The van der Waals surface area contributed by atoms with Gasteiger partial charge < -0.3 is 4.98 Å². The summed E-state index contributed by atoms with van der Waals surface area (Å²) < 4.78 is 1.85. The normalized spacial score (nSPS) is 11.4. The summed E-state index contributed by atoms with van der Waals surface area (Å²) in [6, 6.07) is 2.09. The van der Waals surface area contributed by atoms with E-state index < -0.39 is 0 Å². The molecule has 5 nitrogen and oxygen atoms in total. The third-order valence-corrected chi connectivity index (χ3v) is 3.52. The van der Waals surface area contributed by atoms with Crippen molar-refractivity contribution in [3.8, 4) is 10.7 Å². The molecule has 0 radical (unpaired) electrons. The van der Waals surface area contributed by atoms with Gasteiger partial charge in [0.25, 0.3) is 0 Å². The number of nitrogens with zero attached hydrogens (tertiary/aromatic N) is 4. The Bertz CT molecular complexity index is 648. The third-order valence-electron chi connectivity index (χ3n) is 2.59. The molecule has 3 rings (SSSR count). The van der Waals surface area contributed by atoms with Crippen LogP contribution in [0, 0.1) is 6.92 Å². The van der Waals surface area contributed by atoms with Crippen molar-refractivity contribution in [2.75, 3.05) is 0 Å². The van der Waals surface area contributed by atoms with Gasteiger partial charge in [0.05, 0.1) is 5.69 Å². The molecule has 0 aliphatic rings. The third kappa shape index (κ3) is 1.74. The Hall–Kier alpha value is -1.69. The second kappa shape index (κ2) is 3.96. The lowest BCUT2D eigenvalue weighted by Gasteiger charge is -1.91. The molecule has 0 unspecified atom stereocenters. The maximum atomic E-state index is 4.55. The molecule has 3 aromatic heterocycles. The number of hydrogen-bond donors (Lipinski definition) is 1. The largest absolute Gasteiger partial charge is 0.359 e. The van der Waals surface area contributed by atoms with Crippen LogP contribution in [-0.2, 0) is 6.42 Å². The highest BCUT2D eigenvalue weighted by molar-refractivity contribution is 7.19. The number of rotatable bonds is 3. The first-order valence-corrected chi connectivity index (χ1v) is 6.46. The fraction of sp³-hybridized carbons (Fsp3) is 0.364. The molecule has 0 aliphatic carbocycles. The molecule has 0 saturated heterocycles. The van der Waals surface area contributed by atoms with Crippen molar-refractivity contribution in [3.05, 3.63) is 23.7 Å². The maximum Gasteiger partial charge on any atom is 0.235 e. The number of aryl methyl sites for hydroxylation is 2. The van der Waals surface area contributed by atoms with Crippen LogP contribution >= 0.6 is 11.3 Å². The van der Waals surface area contributed by atoms with Crippen LogP contribution in [0.1, 0.15) is 24.7 Å². The zero-order valence-corrected chi connectivity index (χ0v) is 10.6. The molecule has 0 atom stereocenters. The van der Waals surface area contributed by atoms with Crippen molar-refractivity contribution in [2.24, 2.45) is 0 Å². The van der Waals surface area contributed by atoms with Gasteiger partial charge in [0, 0.05) is 12.6 Å². The Morgan fingerprint density at radius 1 is 1.41 bits per heavy atom. The highest BCUT2D eigenvalue weighted by atomic mass is 32.1. The van der Waals surface area contributed by atoms with E-state index in [1.54, 1.807) is 11.3 Å². The van der Waals surface area contributed by atoms with E-state index in [2.05, 4.69) is 40.2 Å². The van der Waals surface area contributed by atoms with Gasteiger partial charge in [0.1, 0.15) is 0 Å². The molecule has 0 aliphatic heterocycles. The predicted molar refractivity (Wildman–Crippen MR) is 67.2 cm³/mol. The average molecular weight is 247 g/mol. The Morgan fingerprint density at radius 3 is 3.00 bits per heavy atom. The van der Waals surface area contributed by atoms with Crippen LogP contribution in [0.25, 0.3) is 15.7 Å². The zero-order valence-electron chi connectivity index (χ0n) is 9.77. The van der Waals surface area contributed by atoms with E-state index in [4.69, 9.17) is 0 Å². The monoisotopic (exact) mass is 247 g/mol. The van der Waals surface area contributed by atoms with Crippen molar-refractivity contribution in [1.29, 1.82) is 0 Å². The van der Waals surface area contributed by atoms with Crippen LogP contribution in [0.4, 0.5) is 0 Å². The lowest BCUT2D eigenvalue weighted by atomic mass is 10.3. The molecule has 88 valence electrons. The molecule has 0 aromatic carbocycles. The number of nitrogens with one attached hydrogen (secondary N) is 1. The van der Waals surface area contributed by atoms with Gasteiger partial charge in [-0.3, -0.25) is 0 Å². The molecule has 0 spiro atoms. The summed E-state index contributed by atoms with van der Waals surface area (Å²) in [5.41, 5.74) is 2.25. The van der Waals surface area contributed by atoms with E-state index >= 15 is 0 Å². The quantitative estimate of drug-likeness (QED) is 0.773. The minimum atomic E-state index is 0.857. The molecular weight excluding hydrogens is 234 g/mol.